The normalized spacial score (nSPS) is 18.0. The Balaban J connectivity index is 1.55. The van der Waals surface area contributed by atoms with Gasteiger partial charge in [0.05, 0.1) is 31.4 Å². The predicted molar refractivity (Wildman–Crippen MR) is 96.4 cm³/mol. The number of ether oxygens (including phenoxy) is 1. The maximum Gasteiger partial charge on any atom is 0.225 e. The van der Waals surface area contributed by atoms with Gasteiger partial charge in [-0.2, -0.15) is 0 Å². The van der Waals surface area contributed by atoms with Crippen LogP contribution in [0.3, 0.4) is 0 Å². The molecule has 138 valence electrons. The van der Waals surface area contributed by atoms with E-state index in [4.69, 9.17) is 9.15 Å². The third-order valence-electron chi connectivity index (χ3n) is 4.56. The van der Waals surface area contributed by atoms with Crippen LogP contribution in [-0.2, 0) is 16.1 Å². The van der Waals surface area contributed by atoms with Crippen molar-refractivity contribution >= 4 is 11.8 Å². The number of benzene rings is 1. The van der Waals surface area contributed by atoms with Crippen LogP contribution in [0.1, 0.15) is 37.6 Å². The van der Waals surface area contributed by atoms with E-state index in [-0.39, 0.29) is 30.2 Å². The molecule has 0 bridgehead atoms. The zero-order valence-corrected chi connectivity index (χ0v) is 15.1. The standard InChI is InChI=1S/C20H24N2O4/c1-3-25-17-8-6-15(7-9-17)14(2)21-20(24)16-11-19(23)22(12-16)13-18-5-4-10-26-18/h4-10,14,16H,3,11-13H2,1-2H3,(H,21,24). The van der Waals surface area contributed by atoms with Crippen LogP contribution in [0.15, 0.2) is 47.1 Å². The molecule has 26 heavy (non-hydrogen) atoms. The van der Waals surface area contributed by atoms with Crippen molar-refractivity contribution in [2.24, 2.45) is 5.92 Å². The predicted octanol–water partition coefficient (Wildman–Crippen LogP) is 2.90. The lowest BCUT2D eigenvalue weighted by Crippen LogP contribution is -2.34. The molecule has 0 spiro atoms. The average molecular weight is 356 g/mol. The van der Waals surface area contributed by atoms with Crippen LogP contribution in [0.2, 0.25) is 0 Å². The van der Waals surface area contributed by atoms with E-state index in [1.54, 1.807) is 17.2 Å². The Morgan fingerprint density at radius 2 is 2.12 bits per heavy atom. The fourth-order valence-corrected chi connectivity index (χ4v) is 3.13. The van der Waals surface area contributed by atoms with Crippen molar-refractivity contribution < 1.29 is 18.7 Å². The Morgan fingerprint density at radius 1 is 1.35 bits per heavy atom. The van der Waals surface area contributed by atoms with Crippen molar-refractivity contribution in [1.29, 1.82) is 0 Å². The Kier molecular flexibility index (Phi) is 5.61. The molecule has 1 aliphatic heterocycles. The molecule has 1 saturated heterocycles. The first-order valence-corrected chi connectivity index (χ1v) is 8.90. The van der Waals surface area contributed by atoms with Crippen LogP contribution in [0, 0.1) is 5.92 Å². The van der Waals surface area contributed by atoms with Crippen LogP contribution in [0.25, 0.3) is 0 Å². The van der Waals surface area contributed by atoms with Gasteiger partial charge in [0.1, 0.15) is 11.5 Å². The minimum atomic E-state index is -0.331. The van der Waals surface area contributed by atoms with Gasteiger partial charge < -0.3 is 19.4 Å². The van der Waals surface area contributed by atoms with Gasteiger partial charge in [-0.3, -0.25) is 9.59 Å². The number of amides is 2. The van der Waals surface area contributed by atoms with E-state index in [2.05, 4.69) is 5.32 Å². The SMILES string of the molecule is CCOc1ccc(C(C)NC(=O)C2CC(=O)N(Cc3ccco3)C2)cc1. The summed E-state index contributed by atoms with van der Waals surface area (Å²) in [6.45, 7) is 5.32. The second-order valence-corrected chi connectivity index (χ2v) is 6.49. The minimum Gasteiger partial charge on any atom is -0.494 e. The van der Waals surface area contributed by atoms with E-state index in [0.29, 0.717) is 19.7 Å². The number of hydrogen-bond acceptors (Lipinski definition) is 4. The number of rotatable bonds is 7. The highest BCUT2D eigenvalue weighted by Crippen LogP contribution is 2.23. The van der Waals surface area contributed by atoms with E-state index in [1.807, 2.05) is 44.2 Å². The fraction of sp³-hybridized carbons (Fsp3) is 0.400. The van der Waals surface area contributed by atoms with Crippen LogP contribution in [0.4, 0.5) is 0 Å². The molecular weight excluding hydrogens is 332 g/mol. The Morgan fingerprint density at radius 3 is 2.77 bits per heavy atom. The van der Waals surface area contributed by atoms with Crippen molar-refractivity contribution in [2.75, 3.05) is 13.2 Å². The van der Waals surface area contributed by atoms with Crippen LogP contribution in [0.5, 0.6) is 5.75 Å². The molecule has 2 unspecified atom stereocenters. The molecule has 1 fully saturated rings. The summed E-state index contributed by atoms with van der Waals surface area (Å²) in [4.78, 5) is 26.4. The molecule has 1 aromatic carbocycles. The first kappa shape index (κ1) is 18.0. The summed E-state index contributed by atoms with van der Waals surface area (Å²) in [6.07, 6.45) is 1.82. The lowest BCUT2D eigenvalue weighted by Gasteiger charge is -2.18. The van der Waals surface area contributed by atoms with E-state index in [0.717, 1.165) is 17.1 Å². The fourth-order valence-electron chi connectivity index (χ4n) is 3.13. The van der Waals surface area contributed by atoms with Gasteiger partial charge in [-0.15, -0.1) is 0 Å². The molecular formula is C20H24N2O4. The number of nitrogens with zero attached hydrogens (tertiary/aromatic N) is 1. The highest BCUT2D eigenvalue weighted by Gasteiger charge is 2.35. The average Bonchev–Trinajstić information content (AvgIpc) is 3.26. The summed E-state index contributed by atoms with van der Waals surface area (Å²) in [7, 11) is 0. The topological polar surface area (TPSA) is 71.8 Å². The van der Waals surface area contributed by atoms with Gasteiger partial charge in [-0.1, -0.05) is 12.1 Å². The number of hydrogen-bond donors (Lipinski definition) is 1. The molecule has 2 amide bonds. The van der Waals surface area contributed by atoms with Gasteiger partial charge in [0.25, 0.3) is 0 Å². The van der Waals surface area contributed by atoms with Gasteiger partial charge in [0, 0.05) is 13.0 Å². The first-order valence-electron chi connectivity index (χ1n) is 8.90. The summed E-state index contributed by atoms with van der Waals surface area (Å²) < 4.78 is 10.7. The van der Waals surface area contributed by atoms with Gasteiger partial charge >= 0.3 is 0 Å². The molecule has 2 atom stereocenters. The largest absolute Gasteiger partial charge is 0.494 e. The number of carbonyl (C=O) groups is 2. The zero-order chi connectivity index (χ0) is 18.5. The van der Waals surface area contributed by atoms with Crippen molar-refractivity contribution in [2.45, 2.75) is 32.9 Å². The Hall–Kier alpha value is -2.76. The minimum absolute atomic E-state index is 0.0183. The van der Waals surface area contributed by atoms with Crippen molar-refractivity contribution in [3.05, 3.63) is 54.0 Å². The Labute approximate surface area is 153 Å². The number of furan rings is 1. The van der Waals surface area contributed by atoms with Gasteiger partial charge in [0.2, 0.25) is 11.8 Å². The second-order valence-electron chi connectivity index (χ2n) is 6.49. The summed E-state index contributed by atoms with van der Waals surface area (Å²) in [5.74, 6) is 1.09. The molecule has 0 saturated carbocycles. The molecule has 6 heteroatoms. The van der Waals surface area contributed by atoms with E-state index >= 15 is 0 Å². The monoisotopic (exact) mass is 356 g/mol. The number of likely N-dealkylation sites (tertiary alicyclic amines) is 1. The molecule has 1 aromatic heterocycles. The van der Waals surface area contributed by atoms with Crippen LogP contribution in [-0.4, -0.2) is 29.9 Å². The zero-order valence-electron chi connectivity index (χ0n) is 15.1. The van der Waals surface area contributed by atoms with Gasteiger partial charge in [-0.05, 0) is 43.7 Å². The third kappa shape index (κ3) is 4.25. The van der Waals surface area contributed by atoms with E-state index in [9.17, 15) is 9.59 Å². The maximum absolute atomic E-state index is 12.6. The molecule has 0 aliphatic carbocycles. The summed E-state index contributed by atoms with van der Waals surface area (Å²) in [6, 6.07) is 11.2. The molecule has 1 aliphatic rings. The van der Waals surface area contributed by atoms with Crippen molar-refractivity contribution in [1.82, 2.24) is 10.2 Å². The lowest BCUT2D eigenvalue weighted by atomic mass is 10.0. The maximum atomic E-state index is 12.6. The molecule has 1 N–H and O–H groups in total. The first-order chi connectivity index (χ1) is 12.6. The molecule has 2 aromatic rings. The van der Waals surface area contributed by atoms with Crippen molar-refractivity contribution in [3.63, 3.8) is 0 Å². The third-order valence-corrected chi connectivity index (χ3v) is 4.56. The highest BCUT2D eigenvalue weighted by atomic mass is 16.5. The van der Waals surface area contributed by atoms with Gasteiger partial charge in [-0.25, -0.2) is 0 Å². The van der Waals surface area contributed by atoms with Gasteiger partial charge in [0.15, 0.2) is 0 Å². The number of nitrogens with one attached hydrogen (secondary N) is 1. The quantitative estimate of drug-likeness (QED) is 0.828. The molecule has 6 nitrogen and oxygen atoms in total. The van der Waals surface area contributed by atoms with Crippen LogP contribution < -0.4 is 10.1 Å². The summed E-state index contributed by atoms with van der Waals surface area (Å²) >= 11 is 0. The van der Waals surface area contributed by atoms with Crippen molar-refractivity contribution in [3.8, 4) is 5.75 Å². The number of carbonyl (C=O) groups excluding carboxylic acids is 2. The lowest BCUT2D eigenvalue weighted by molar-refractivity contribution is -0.129. The molecule has 3 rings (SSSR count). The summed E-state index contributed by atoms with van der Waals surface area (Å²) in [5.41, 5.74) is 0.999. The van der Waals surface area contributed by atoms with Crippen LogP contribution >= 0.6 is 0 Å². The highest BCUT2D eigenvalue weighted by molar-refractivity contribution is 5.89. The molecule has 2 heterocycles. The molecule has 0 radical (unpaired) electrons. The van der Waals surface area contributed by atoms with E-state index < -0.39 is 0 Å². The second kappa shape index (κ2) is 8.08. The summed E-state index contributed by atoms with van der Waals surface area (Å²) in [5, 5.41) is 3.01. The smallest absolute Gasteiger partial charge is 0.225 e. The van der Waals surface area contributed by atoms with E-state index in [1.165, 1.54) is 0 Å². The Bertz CT molecular complexity index is 740.